The zero-order valence-corrected chi connectivity index (χ0v) is 20.3. The van der Waals surface area contributed by atoms with Gasteiger partial charge in [-0.15, -0.1) is 5.10 Å². The molecule has 0 radical (unpaired) electrons. The summed E-state index contributed by atoms with van der Waals surface area (Å²) in [5.41, 5.74) is 1.65. The van der Waals surface area contributed by atoms with Gasteiger partial charge in [0.15, 0.2) is 0 Å². The number of methoxy groups -OCH3 is 1. The predicted molar refractivity (Wildman–Crippen MR) is 135 cm³/mol. The minimum absolute atomic E-state index is 0.0991. The number of esters is 1. The molecule has 1 aromatic heterocycles. The number of benzene rings is 1. The van der Waals surface area contributed by atoms with Crippen molar-refractivity contribution in [2.45, 2.75) is 19.0 Å². The highest BCUT2D eigenvalue weighted by Crippen LogP contribution is 2.35. The van der Waals surface area contributed by atoms with E-state index >= 15 is 0 Å². The van der Waals surface area contributed by atoms with Crippen molar-refractivity contribution in [1.82, 2.24) is 9.88 Å². The second-order valence-corrected chi connectivity index (χ2v) is 9.06. The second kappa shape index (κ2) is 10.2. The molecule has 0 amide bonds. The molecule has 1 unspecified atom stereocenters. The quantitative estimate of drug-likeness (QED) is 0.567. The number of halogens is 3. The Hall–Kier alpha value is -3.95. The van der Waals surface area contributed by atoms with Gasteiger partial charge in [-0.05, 0) is 23.6 Å². The van der Waals surface area contributed by atoms with E-state index in [1.54, 1.807) is 4.90 Å². The number of anilines is 1. The summed E-state index contributed by atoms with van der Waals surface area (Å²) in [7, 11) is 1.04. The highest BCUT2D eigenvalue weighted by Gasteiger charge is 2.38. The van der Waals surface area contributed by atoms with Gasteiger partial charge in [0.1, 0.15) is 11.7 Å². The molecule has 0 N–H and O–H groups in total. The summed E-state index contributed by atoms with van der Waals surface area (Å²) >= 11 is 0. The van der Waals surface area contributed by atoms with Gasteiger partial charge >= 0.3 is 12.1 Å². The Labute approximate surface area is 212 Å². The van der Waals surface area contributed by atoms with Crippen LogP contribution in [-0.2, 0) is 17.3 Å². The fourth-order valence-electron chi connectivity index (χ4n) is 4.91. The van der Waals surface area contributed by atoms with Crippen molar-refractivity contribution >= 4 is 23.3 Å². The number of aromatic nitrogens is 1. The molecule has 0 spiro atoms. The topological polar surface area (TPSA) is 70.4 Å². The van der Waals surface area contributed by atoms with E-state index in [0.717, 1.165) is 42.9 Å². The number of piperazine rings is 1. The Kier molecular flexibility index (Phi) is 6.82. The first-order chi connectivity index (χ1) is 17.8. The highest BCUT2D eigenvalue weighted by atomic mass is 19.4. The van der Waals surface area contributed by atoms with Gasteiger partial charge in [0.25, 0.3) is 0 Å². The number of carbonyl (C=O) groups is 1. The van der Waals surface area contributed by atoms with Gasteiger partial charge < -0.3 is 14.5 Å². The van der Waals surface area contributed by atoms with Gasteiger partial charge in [-0.25, -0.2) is 9.78 Å². The van der Waals surface area contributed by atoms with Gasteiger partial charge in [0, 0.05) is 44.7 Å². The number of fused-ring (bicyclic) bond motifs is 1. The minimum Gasteiger partial charge on any atom is -0.465 e. The fraction of sp³-hybridized carbons (Fsp3) is 0.333. The molecule has 2 aromatic rings. The van der Waals surface area contributed by atoms with E-state index in [2.05, 4.69) is 55.2 Å². The van der Waals surface area contributed by atoms with Crippen LogP contribution in [0, 0.1) is 5.92 Å². The Morgan fingerprint density at radius 1 is 1.08 bits per heavy atom. The van der Waals surface area contributed by atoms with Crippen molar-refractivity contribution in [3.63, 3.8) is 0 Å². The number of ether oxygens (including phenoxy) is 1. The average Bonchev–Trinajstić information content (AvgIpc) is 2.93. The first-order valence-electron chi connectivity index (χ1n) is 12.1. The number of hydrogen-bond acceptors (Lipinski definition) is 7. The molecule has 1 saturated heterocycles. The Balaban J connectivity index is 1.33. The van der Waals surface area contributed by atoms with E-state index in [1.807, 2.05) is 18.2 Å². The number of nitrogens with zero attached hydrogens (tertiary/aromatic N) is 5. The summed E-state index contributed by atoms with van der Waals surface area (Å²) in [6.07, 6.45) is 4.04. The number of pyridine rings is 1. The van der Waals surface area contributed by atoms with E-state index in [0.29, 0.717) is 32.6 Å². The van der Waals surface area contributed by atoms with Crippen LogP contribution < -0.4 is 4.90 Å². The molecule has 7 nitrogen and oxygen atoms in total. The van der Waals surface area contributed by atoms with Crippen LogP contribution in [0.15, 0.2) is 76.6 Å². The molecule has 0 saturated carbocycles. The number of allylic oxidation sites excluding steroid dienone is 3. The SMILES string of the molecule is COC(=O)c1cnc(N2CCN(C3=NN=C(Cc4ccccc4)C4=CC=CCC43)CC2)cc1C(F)(F)F. The zero-order valence-electron chi connectivity index (χ0n) is 20.3. The molecule has 10 heteroatoms. The first kappa shape index (κ1) is 24.7. The molecule has 1 atom stereocenters. The smallest absolute Gasteiger partial charge is 0.417 e. The summed E-state index contributed by atoms with van der Waals surface area (Å²) < 4.78 is 45.4. The summed E-state index contributed by atoms with van der Waals surface area (Å²) in [4.78, 5) is 19.9. The van der Waals surface area contributed by atoms with Crippen molar-refractivity contribution in [1.29, 1.82) is 0 Å². The number of hydrogen-bond donors (Lipinski definition) is 0. The molecule has 2 aliphatic heterocycles. The maximum Gasteiger partial charge on any atom is 0.417 e. The Morgan fingerprint density at radius 2 is 1.81 bits per heavy atom. The predicted octanol–water partition coefficient (Wildman–Crippen LogP) is 4.52. The lowest BCUT2D eigenvalue weighted by atomic mass is 9.84. The van der Waals surface area contributed by atoms with Gasteiger partial charge in [-0.1, -0.05) is 48.6 Å². The molecule has 1 fully saturated rings. The van der Waals surface area contributed by atoms with Crippen molar-refractivity contribution in [3.8, 4) is 0 Å². The Morgan fingerprint density at radius 3 is 2.51 bits per heavy atom. The number of rotatable bonds is 4. The van der Waals surface area contributed by atoms with Crippen LogP contribution in [0.4, 0.5) is 19.0 Å². The minimum atomic E-state index is -4.70. The third-order valence-electron chi connectivity index (χ3n) is 6.82. The number of alkyl halides is 3. The fourth-order valence-corrected chi connectivity index (χ4v) is 4.91. The second-order valence-electron chi connectivity index (χ2n) is 9.06. The van der Waals surface area contributed by atoms with Crippen LogP contribution in [0.2, 0.25) is 0 Å². The first-order valence-corrected chi connectivity index (χ1v) is 12.1. The van der Waals surface area contributed by atoms with Crippen molar-refractivity contribution in [3.05, 3.63) is 83.1 Å². The molecule has 0 bridgehead atoms. The van der Waals surface area contributed by atoms with Gasteiger partial charge in [0.05, 0.1) is 23.9 Å². The lowest BCUT2D eigenvalue weighted by molar-refractivity contribution is -0.138. The lowest BCUT2D eigenvalue weighted by Crippen LogP contribution is -2.51. The molecule has 3 heterocycles. The van der Waals surface area contributed by atoms with Crippen LogP contribution in [-0.4, -0.2) is 60.7 Å². The van der Waals surface area contributed by atoms with E-state index in [-0.39, 0.29) is 11.7 Å². The van der Waals surface area contributed by atoms with E-state index in [9.17, 15) is 18.0 Å². The van der Waals surface area contributed by atoms with Crippen LogP contribution in [0.3, 0.4) is 0 Å². The summed E-state index contributed by atoms with van der Waals surface area (Å²) in [5, 5.41) is 9.20. The summed E-state index contributed by atoms with van der Waals surface area (Å²) in [6.45, 7) is 2.06. The molecular weight excluding hydrogens is 483 g/mol. The van der Waals surface area contributed by atoms with E-state index < -0.39 is 23.3 Å². The third kappa shape index (κ3) is 5.14. The standard InChI is InChI=1S/C27H26F3N5O2/c1-37-26(36)21-17-31-24(16-22(21)27(28,29)30)34-11-13-35(14-12-34)25-20-10-6-5-9-19(20)23(32-33-25)15-18-7-3-2-4-8-18/h2-9,16-17,20H,10-15H2,1H3. The monoisotopic (exact) mass is 509 g/mol. The van der Waals surface area contributed by atoms with Gasteiger partial charge in [0.2, 0.25) is 0 Å². The van der Waals surface area contributed by atoms with E-state index in [4.69, 9.17) is 0 Å². The normalized spacial score (nSPS) is 19.6. The maximum atomic E-state index is 13.6. The zero-order chi connectivity index (χ0) is 26.0. The Bertz CT molecular complexity index is 1290. The summed E-state index contributed by atoms with van der Waals surface area (Å²) in [6, 6.07) is 11.1. The maximum absolute atomic E-state index is 13.6. The molecule has 1 aliphatic carbocycles. The van der Waals surface area contributed by atoms with Crippen molar-refractivity contribution < 1.29 is 22.7 Å². The highest BCUT2D eigenvalue weighted by molar-refractivity contribution is 6.09. The van der Waals surface area contributed by atoms with Crippen LogP contribution in [0.25, 0.3) is 0 Å². The van der Waals surface area contributed by atoms with Crippen LogP contribution >= 0.6 is 0 Å². The molecule has 37 heavy (non-hydrogen) atoms. The van der Waals surface area contributed by atoms with Gasteiger partial charge in [-0.3, -0.25) is 0 Å². The third-order valence-corrected chi connectivity index (χ3v) is 6.82. The van der Waals surface area contributed by atoms with Crippen molar-refractivity contribution in [2.24, 2.45) is 16.1 Å². The van der Waals surface area contributed by atoms with Gasteiger partial charge in [-0.2, -0.15) is 18.3 Å². The van der Waals surface area contributed by atoms with Crippen LogP contribution in [0.5, 0.6) is 0 Å². The largest absolute Gasteiger partial charge is 0.465 e. The number of carbonyl (C=O) groups excluding carboxylic acids is 1. The molecular formula is C27H26F3N5O2. The molecule has 5 rings (SSSR count). The summed E-state index contributed by atoms with van der Waals surface area (Å²) in [5.74, 6) is 0.0951. The van der Waals surface area contributed by atoms with E-state index in [1.165, 1.54) is 5.56 Å². The van der Waals surface area contributed by atoms with Crippen LogP contribution in [0.1, 0.15) is 27.9 Å². The molecule has 1 aromatic carbocycles. The molecule has 3 aliphatic rings. The molecule has 192 valence electrons. The van der Waals surface area contributed by atoms with Crippen molar-refractivity contribution in [2.75, 3.05) is 38.2 Å². The number of amidine groups is 1. The lowest BCUT2D eigenvalue weighted by Gasteiger charge is -2.40. The average molecular weight is 510 g/mol.